The molecule has 144 valence electrons. The van der Waals surface area contributed by atoms with E-state index in [0.29, 0.717) is 19.4 Å². The molecule has 0 saturated carbocycles. The van der Waals surface area contributed by atoms with Gasteiger partial charge >= 0.3 is 0 Å². The maximum Gasteiger partial charge on any atom is 0.242 e. The molecule has 0 aromatic heterocycles. The normalized spacial score (nSPS) is 12.3. The quantitative estimate of drug-likeness (QED) is 0.751. The summed E-state index contributed by atoms with van der Waals surface area (Å²) < 4.78 is 0. The molecule has 0 saturated heterocycles. The lowest BCUT2D eigenvalue weighted by Crippen LogP contribution is -2.49. The highest BCUT2D eigenvalue weighted by atomic mass is 16.2. The van der Waals surface area contributed by atoms with E-state index in [2.05, 4.69) is 10.6 Å². The molecule has 2 N–H and O–H groups in total. The second-order valence-corrected chi connectivity index (χ2v) is 8.07. The molecular formula is C23H30N2O2. The Labute approximate surface area is 162 Å². The van der Waals surface area contributed by atoms with Crippen LogP contribution in [-0.4, -0.2) is 24.4 Å². The van der Waals surface area contributed by atoms with Gasteiger partial charge in [-0.3, -0.25) is 9.59 Å². The molecule has 0 aliphatic heterocycles. The second-order valence-electron chi connectivity index (χ2n) is 8.07. The van der Waals surface area contributed by atoms with Crippen molar-refractivity contribution in [2.24, 2.45) is 5.41 Å². The Morgan fingerprint density at radius 2 is 1.44 bits per heavy atom. The third kappa shape index (κ3) is 8.07. The van der Waals surface area contributed by atoms with Gasteiger partial charge in [0, 0.05) is 19.4 Å². The first-order valence-electron chi connectivity index (χ1n) is 9.48. The van der Waals surface area contributed by atoms with Crippen LogP contribution in [0.2, 0.25) is 0 Å². The molecule has 27 heavy (non-hydrogen) atoms. The zero-order valence-corrected chi connectivity index (χ0v) is 16.5. The zero-order chi connectivity index (χ0) is 19.7. The predicted octanol–water partition coefficient (Wildman–Crippen LogP) is 3.51. The molecule has 0 radical (unpaired) electrons. The van der Waals surface area contributed by atoms with Crippen molar-refractivity contribution in [1.29, 1.82) is 0 Å². The molecule has 0 aliphatic rings. The fraction of sp³-hybridized carbons (Fsp3) is 0.391. The number of carbonyl (C=O) groups excluding carboxylic acids is 2. The van der Waals surface area contributed by atoms with E-state index in [9.17, 15) is 9.59 Å². The first kappa shape index (κ1) is 20.7. The summed E-state index contributed by atoms with van der Waals surface area (Å²) in [6.45, 7) is 6.58. The molecule has 1 atom stereocenters. The van der Waals surface area contributed by atoms with Crippen LogP contribution in [0.3, 0.4) is 0 Å². The Balaban J connectivity index is 1.96. The van der Waals surface area contributed by atoms with Crippen molar-refractivity contribution in [3.8, 4) is 0 Å². The number of hydrogen-bond acceptors (Lipinski definition) is 2. The standard InChI is InChI=1S/C23H30N2O2/c1-23(2,3)17-21(26)25-20(16-19-12-8-5-9-13-19)22(27)24-15-14-18-10-6-4-7-11-18/h4-13,20H,14-17H2,1-3H3,(H,24,27)(H,25,26). The molecule has 0 bridgehead atoms. The third-order valence-electron chi connectivity index (χ3n) is 4.18. The van der Waals surface area contributed by atoms with Gasteiger partial charge in [-0.15, -0.1) is 0 Å². The molecule has 0 fully saturated rings. The van der Waals surface area contributed by atoms with Crippen molar-refractivity contribution in [3.63, 3.8) is 0 Å². The van der Waals surface area contributed by atoms with Crippen LogP contribution in [0, 0.1) is 5.41 Å². The minimum atomic E-state index is -0.571. The summed E-state index contributed by atoms with van der Waals surface area (Å²) in [5.41, 5.74) is 2.08. The summed E-state index contributed by atoms with van der Waals surface area (Å²) in [4.78, 5) is 25.1. The molecule has 4 nitrogen and oxygen atoms in total. The third-order valence-corrected chi connectivity index (χ3v) is 4.18. The van der Waals surface area contributed by atoms with Gasteiger partial charge in [0.15, 0.2) is 0 Å². The molecule has 0 spiro atoms. The Kier molecular flexibility index (Phi) is 7.59. The zero-order valence-electron chi connectivity index (χ0n) is 16.5. The van der Waals surface area contributed by atoms with Gasteiger partial charge in [-0.25, -0.2) is 0 Å². The lowest BCUT2D eigenvalue weighted by Gasteiger charge is -2.22. The van der Waals surface area contributed by atoms with Gasteiger partial charge in [0.25, 0.3) is 0 Å². The number of amides is 2. The van der Waals surface area contributed by atoms with Crippen LogP contribution in [0.5, 0.6) is 0 Å². The maximum atomic E-state index is 12.7. The molecule has 0 aliphatic carbocycles. The van der Waals surface area contributed by atoms with Crippen molar-refractivity contribution in [3.05, 3.63) is 71.8 Å². The van der Waals surface area contributed by atoms with Gasteiger partial charge < -0.3 is 10.6 Å². The van der Waals surface area contributed by atoms with Gasteiger partial charge in [0.05, 0.1) is 0 Å². The SMILES string of the molecule is CC(C)(C)CC(=O)NC(Cc1ccccc1)C(=O)NCCc1ccccc1. The monoisotopic (exact) mass is 366 g/mol. The van der Waals surface area contributed by atoms with Gasteiger partial charge in [0.1, 0.15) is 6.04 Å². The highest BCUT2D eigenvalue weighted by Gasteiger charge is 2.23. The number of hydrogen-bond donors (Lipinski definition) is 2. The molecule has 2 aromatic rings. The summed E-state index contributed by atoms with van der Waals surface area (Å²) in [6, 6.07) is 19.2. The van der Waals surface area contributed by atoms with Crippen molar-refractivity contribution in [1.82, 2.24) is 10.6 Å². The van der Waals surface area contributed by atoms with E-state index in [1.54, 1.807) is 0 Å². The highest BCUT2D eigenvalue weighted by molar-refractivity contribution is 5.88. The summed E-state index contributed by atoms with van der Waals surface area (Å²) in [7, 11) is 0. The van der Waals surface area contributed by atoms with Gasteiger partial charge in [0.2, 0.25) is 11.8 Å². The number of benzene rings is 2. The first-order valence-corrected chi connectivity index (χ1v) is 9.48. The number of nitrogens with one attached hydrogen (secondary N) is 2. The summed E-state index contributed by atoms with van der Waals surface area (Å²) in [5.74, 6) is -0.237. The van der Waals surface area contributed by atoms with Crippen LogP contribution in [0.25, 0.3) is 0 Å². The van der Waals surface area contributed by atoms with E-state index in [-0.39, 0.29) is 17.2 Å². The van der Waals surface area contributed by atoms with Crippen molar-refractivity contribution >= 4 is 11.8 Å². The minimum Gasteiger partial charge on any atom is -0.354 e. The Morgan fingerprint density at radius 3 is 2.00 bits per heavy atom. The lowest BCUT2D eigenvalue weighted by molar-refractivity contribution is -0.129. The van der Waals surface area contributed by atoms with Crippen LogP contribution in [0.4, 0.5) is 0 Å². The average Bonchev–Trinajstić information content (AvgIpc) is 2.61. The summed E-state index contributed by atoms with van der Waals surface area (Å²) >= 11 is 0. The molecule has 0 heterocycles. The highest BCUT2D eigenvalue weighted by Crippen LogP contribution is 2.18. The Hall–Kier alpha value is -2.62. The topological polar surface area (TPSA) is 58.2 Å². The second kappa shape index (κ2) is 9.91. The van der Waals surface area contributed by atoms with E-state index in [1.165, 1.54) is 5.56 Å². The van der Waals surface area contributed by atoms with Crippen molar-refractivity contribution < 1.29 is 9.59 Å². The van der Waals surface area contributed by atoms with E-state index >= 15 is 0 Å². The lowest BCUT2D eigenvalue weighted by atomic mass is 9.91. The minimum absolute atomic E-state index is 0.0957. The Morgan fingerprint density at radius 1 is 0.889 bits per heavy atom. The van der Waals surface area contributed by atoms with Crippen molar-refractivity contribution in [2.45, 2.75) is 46.1 Å². The number of rotatable bonds is 8. The molecule has 2 rings (SSSR count). The molecule has 2 aromatic carbocycles. The molecule has 1 unspecified atom stereocenters. The fourth-order valence-corrected chi connectivity index (χ4v) is 2.88. The predicted molar refractivity (Wildman–Crippen MR) is 109 cm³/mol. The van der Waals surface area contributed by atoms with E-state index in [0.717, 1.165) is 12.0 Å². The van der Waals surface area contributed by atoms with E-state index < -0.39 is 6.04 Å². The van der Waals surface area contributed by atoms with E-state index in [4.69, 9.17) is 0 Å². The van der Waals surface area contributed by atoms with Crippen LogP contribution in [0.15, 0.2) is 60.7 Å². The Bertz CT molecular complexity index is 721. The maximum absolute atomic E-state index is 12.7. The van der Waals surface area contributed by atoms with Gasteiger partial charge in [-0.05, 0) is 23.0 Å². The first-order chi connectivity index (χ1) is 12.8. The molecule has 2 amide bonds. The smallest absolute Gasteiger partial charge is 0.242 e. The summed E-state index contributed by atoms with van der Waals surface area (Å²) in [6.07, 6.45) is 1.63. The van der Waals surface area contributed by atoms with Gasteiger partial charge in [-0.2, -0.15) is 0 Å². The van der Waals surface area contributed by atoms with Crippen LogP contribution in [-0.2, 0) is 22.4 Å². The number of carbonyl (C=O) groups is 2. The van der Waals surface area contributed by atoms with Gasteiger partial charge in [-0.1, -0.05) is 81.4 Å². The largest absolute Gasteiger partial charge is 0.354 e. The molecular weight excluding hydrogens is 336 g/mol. The average molecular weight is 367 g/mol. The van der Waals surface area contributed by atoms with Crippen LogP contribution < -0.4 is 10.6 Å². The van der Waals surface area contributed by atoms with Crippen LogP contribution in [0.1, 0.15) is 38.3 Å². The fourth-order valence-electron chi connectivity index (χ4n) is 2.88. The summed E-state index contributed by atoms with van der Waals surface area (Å²) in [5, 5.41) is 5.89. The van der Waals surface area contributed by atoms with E-state index in [1.807, 2.05) is 81.4 Å². The van der Waals surface area contributed by atoms with Crippen LogP contribution >= 0.6 is 0 Å². The molecule has 4 heteroatoms. The van der Waals surface area contributed by atoms with Crippen molar-refractivity contribution in [2.75, 3.05) is 6.54 Å².